The quantitative estimate of drug-likeness (QED) is 0.743. The molecule has 0 aliphatic carbocycles. The number of hydrogen-bond acceptors (Lipinski definition) is 4. The number of nitrogens with one attached hydrogen (secondary N) is 1. The zero-order chi connectivity index (χ0) is 14.9. The fraction of sp³-hybridized carbons (Fsp3) is 0.786. The van der Waals surface area contributed by atoms with Crippen LogP contribution in [0, 0.1) is 0 Å². The predicted molar refractivity (Wildman–Crippen MR) is 73.8 cm³/mol. The van der Waals surface area contributed by atoms with E-state index in [1.807, 2.05) is 18.7 Å². The summed E-state index contributed by atoms with van der Waals surface area (Å²) in [5.74, 6) is -0.361. The minimum Gasteiger partial charge on any atom is -0.341 e. The zero-order valence-electron chi connectivity index (χ0n) is 12.4. The maximum Gasteiger partial charge on any atom is 0.247 e. The summed E-state index contributed by atoms with van der Waals surface area (Å²) in [4.78, 5) is 39.3. The maximum absolute atomic E-state index is 12.2. The average Bonchev–Trinajstić information content (AvgIpc) is 2.97. The van der Waals surface area contributed by atoms with E-state index in [0.29, 0.717) is 0 Å². The lowest BCUT2D eigenvalue weighted by Gasteiger charge is -2.24. The van der Waals surface area contributed by atoms with Gasteiger partial charge in [-0.1, -0.05) is 0 Å². The Morgan fingerprint density at radius 3 is 2.30 bits per heavy atom. The number of nitrogens with zero attached hydrogens (tertiary/aromatic N) is 2. The van der Waals surface area contributed by atoms with E-state index < -0.39 is 12.1 Å². The van der Waals surface area contributed by atoms with Crippen molar-refractivity contribution in [3.8, 4) is 0 Å². The van der Waals surface area contributed by atoms with Crippen LogP contribution in [0.2, 0.25) is 0 Å². The van der Waals surface area contributed by atoms with Crippen molar-refractivity contribution < 1.29 is 14.4 Å². The molecule has 0 radical (unpaired) electrons. The molecular weight excluding hydrogens is 258 g/mol. The highest BCUT2D eigenvalue weighted by Gasteiger charge is 2.41. The Hall–Kier alpha value is -1.43. The number of carbonyl (C=O) groups excluding carboxylic acids is 3. The van der Waals surface area contributed by atoms with Crippen LogP contribution in [0.1, 0.15) is 40.0 Å². The van der Waals surface area contributed by atoms with E-state index in [1.54, 1.807) is 6.92 Å². The molecular formula is C14H23N3O3. The summed E-state index contributed by atoms with van der Waals surface area (Å²) < 4.78 is 0. The number of hydrogen-bond donors (Lipinski definition) is 1. The van der Waals surface area contributed by atoms with E-state index in [2.05, 4.69) is 5.32 Å². The van der Waals surface area contributed by atoms with Crippen LogP contribution < -0.4 is 5.32 Å². The first-order chi connectivity index (χ1) is 9.41. The second-order valence-electron chi connectivity index (χ2n) is 5.87. The third kappa shape index (κ3) is 2.85. The zero-order valence-corrected chi connectivity index (χ0v) is 12.4. The van der Waals surface area contributed by atoms with Gasteiger partial charge >= 0.3 is 0 Å². The van der Waals surface area contributed by atoms with Gasteiger partial charge in [-0.2, -0.15) is 0 Å². The van der Waals surface area contributed by atoms with Crippen molar-refractivity contribution in [3.05, 3.63) is 0 Å². The number of imide groups is 1. The Bertz CT molecular complexity index is 416. The monoisotopic (exact) mass is 281 g/mol. The highest BCUT2D eigenvalue weighted by molar-refractivity contribution is 6.06. The van der Waals surface area contributed by atoms with Gasteiger partial charge in [0.1, 0.15) is 0 Å². The molecule has 0 aromatic heterocycles. The minimum atomic E-state index is -0.563. The van der Waals surface area contributed by atoms with Crippen molar-refractivity contribution in [2.24, 2.45) is 0 Å². The van der Waals surface area contributed by atoms with Crippen LogP contribution in [-0.2, 0) is 14.4 Å². The fourth-order valence-electron chi connectivity index (χ4n) is 2.91. The molecule has 6 nitrogen and oxygen atoms in total. The summed E-state index contributed by atoms with van der Waals surface area (Å²) in [7, 11) is 0. The second-order valence-corrected chi connectivity index (χ2v) is 5.87. The van der Waals surface area contributed by atoms with E-state index in [1.165, 1.54) is 4.90 Å². The van der Waals surface area contributed by atoms with Crippen molar-refractivity contribution in [2.45, 2.75) is 58.2 Å². The molecule has 112 valence electrons. The standard InChI is InChI=1S/C14H23N3O3/c1-9(2)17-12(18)8-11(14(17)20)15-10(3)13(19)16-6-4-5-7-16/h9-11,15H,4-8H2,1-3H3. The molecule has 2 heterocycles. The van der Waals surface area contributed by atoms with Gasteiger partial charge in [0.2, 0.25) is 17.7 Å². The van der Waals surface area contributed by atoms with Gasteiger partial charge in [-0.3, -0.25) is 24.6 Å². The Balaban J connectivity index is 1.94. The van der Waals surface area contributed by atoms with Crippen LogP contribution in [0.15, 0.2) is 0 Å². The molecule has 20 heavy (non-hydrogen) atoms. The van der Waals surface area contributed by atoms with Crippen LogP contribution in [-0.4, -0.2) is 58.7 Å². The van der Waals surface area contributed by atoms with Gasteiger partial charge in [0.25, 0.3) is 0 Å². The van der Waals surface area contributed by atoms with Gasteiger partial charge in [-0.05, 0) is 33.6 Å². The van der Waals surface area contributed by atoms with Crippen LogP contribution in [0.5, 0.6) is 0 Å². The molecule has 2 atom stereocenters. The highest BCUT2D eigenvalue weighted by atomic mass is 16.2. The van der Waals surface area contributed by atoms with Crippen LogP contribution in [0.4, 0.5) is 0 Å². The molecule has 0 aromatic carbocycles. The van der Waals surface area contributed by atoms with Crippen LogP contribution in [0.25, 0.3) is 0 Å². The lowest BCUT2D eigenvalue weighted by molar-refractivity contribution is -0.140. The summed E-state index contributed by atoms with van der Waals surface area (Å²) in [6.07, 6.45) is 2.23. The van der Waals surface area contributed by atoms with Crippen LogP contribution >= 0.6 is 0 Å². The van der Waals surface area contributed by atoms with Gasteiger partial charge in [0.15, 0.2) is 0 Å². The van der Waals surface area contributed by atoms with E-state index in [-0.39, 0.29) is 30.2 Å². The summed E-state index contributed by atoms with van der Waals surface area (Å²) in [6.45, 7) is 6.98. The Labute approximate surface area is 119 Å². The van der Waals surface area contributed by atoms with Crippen molar-refractivity contribution in [1.29, 1.82) is 0 Å². The molecule has 2 unspecified atom stereocenters. The third-order valence-corrected chi connectivity index (χ3v) is 3.94. The smallest absolute Gasteiger partial charge is 0.247 e. The van der Waals surface area contributed by atoms with E-state index in [4.69, 9.17) is 0 Å². The summed E-state index contributed by atoms with van der Waals surface area (Å²) in [5.41, 5.74) is 0. The molecule has 2 saturated heterocycles. The summed E-state index contributed by atoms with van der Waals surface area (Å²) in [5, 5.41) is 3.02. The van der Waals surface area contributed by atoms with Gasteiger partial charge < -0.3 is 4.90 Å². The van der Waals surface area contributed by atoms with Crippen molar-refractivity contribution in [2.75, 3.05) is 13.1 Å². The first-order valence-corrected chi connectivity index (χ1v) is 7.32. The van der Waals surface area contributed by atoms with E-state index in [9.17, 15) is 14.4 Å². The first kappa shape index (κ1) is 15.0. The summed E-state index contributed by atoms with van der Waals surface area (Å²) >= 11 is 0. The fourth-order valence-corrected chi connectivity index (χ4v) is 2.91. The van der Waals surface area contributed by atoms with Crippen molar-refractivity contribution in [1.82, 2.24) is 15.1 Å². The molecule has 2 aliphatic rings. The molecule has 0 spiro atoms. The molecule has 0 bridgehead atoms. The largest absolute Gasteiger partial charge is 0.341 e. The maximum atomic E-state index is 12.2. The topological polar surface area (TPSA) is 69.7 Å². The molecule has 1 N–H and O–H groups in total. The Kier molecular flexibility index (Phi) is 4.42. The lowest BCUT2D eigenvalue weighted by atomic mass is 10.2. The summed E-state index contributed by atoms with van der Waals surface area (Å²) in [6, 6.07) is -1.13. The minimum absolute atomic E-state index is 0.0192. The SMILES string of the molecule is CC(NC1CC(=O)N(C(C)C)C1=O)C(=O)N1CCCC1. The first-order valence-electron chi connectivity index (χ1n) is 7.32. The molecule has 2 aliphatic heterocycles. The third-order valence-electron chi connectivity index (χ3n) is 3.94. The molecule has 3 amide bonds. The molecule has 6 heteroatoms. The number of rotatable bonds is 4. The van der Waals surface area contributed by atoms with E-state index in [0.717, 1.165) is 25.9 Å². The molecule has 2 rings (SSSR count). The molecule has 0 aromatic rings. The van der Waals surface area contributed by atoms with Gasteiger partial charge in [0.05, 0.1) is 18.5 Å². The lowest BCUT2D eigenvalue weighted by Crippen LogP contribution is -2.50. The number of likely N-dealkylation sites (tertiary alicyclic amines) is 2. The Morgan fingerprint density at radius 2 is 1.80 bits per heavy atom. The van der Waals surface area contributed by atoms with Crippen molar-refractivity contribution in [3.63, 3.8) is 0 Å². The average molecular weight is 281 g/mol. The van der Waals surface area contributed by atoms with Crippen molar-refractivity contribution >= 4 is 17.7 Å². The Morgan fingerprint density at radius 1 is 1.20 bits per heavy atom. The predicted octanol–water partition coefficient (Wildman–Crippen LogP) is 0.123. The second kappa shape index (κ2) is 5.91. The van der Waals surface area contributed by atoms with Gasteiger partial charge in [-0.25, -0.2) is 0 Å². The normalized spacial score (nSPS) is 24.9. The van der Waals surface area contributed by atoms with E-state index >= 15 is 0 Å². The van der Waals surface area contributed by atoms with Gasteiger partial charge in [-0.15, -0.1) is 0 Å². The molecule has 0 saturated carbocycles. The number of amides is 3. The van der Waals surface area contributed by atoms with Crippen LogP contribution in [0.3, 0.4) is 0 Å². The number of carbonyl (C=O) groups is 3. The molecule has 2 fully saturated rings. The highest BCUT2D eigenvalue weighted by Crippen LogP contribution is 2.17. The van der Waals surface area contributed by atoms with Gasteiger partial charge in [0, 0.05) is 19.1 Å².